The Morgan fingerprint density at radius 2 is 2.28 bits per heavy atom. The zero-order valence-corrected chi connectivity index (χ0v) is 11.3. The standard InChI is InChI=1S/C14H21N3O/c1-4-12-7-5-10(2)17(12)14(18)13-8-6-11(15-3)9-16-13/h6,8-10,12,15H,4-5,7H2,1-3H3. The molecule has 1 amide bonds. The molecular formula is C14H21N3O. The zero-order valence-electron chi connectivity index (χ0n) is 11.3. The van der Waals surface area contributed by atoms with Gasteiger partial charge in [-0.3, -0.25) is 4.79 Å². The number of rotatable bonds is 3. The van der Waals surface area contributed by atoms with E-state index in [2.05, 4.69) is 24.1 Å². The average molecular weight is 247 g/mol. The van der Waals surface area contributed by atoms with E-state index in [0.29, 0.717) is 17.8 Å². The van der Waals surface area contributed by atoms with Crippen LogP contribution in [0.15, 0.2) is 18.3 Å². The summed E-state index contributed by atoms with van der Waals surface area (Å²) >= 11 is 0. The monoisotopic (exact) mass is 247 g/mol. The summed E-state index contributed by atoms with van der Waals surface area (Å²) in [5.41, 5.74) is 1.47. The van der Waals surface area contributed by atoms with Crippen LogP contribution in [0, 0.1) is 0 Å². The second kappa shape index (κ2) is 5.38. The molecule has 0 spiro atoms. The smallest absolute Gasteiger partial charge is 0.272 e. The first kappa shape index (κ1) is 12.9. The lowest BCUT2D eigenvalue weighted by molar-refractivity contribution is 0.0670. The van der Waals surface area contributed by atoms with Crippen molar-refractivity contribution in [3.05, 3.63) is 24.0 Å². The summed E-state index contributed by atoms with van der Waals surface area (Å²) in [7, 11) is 1.84. The zero-order chi connectivity index (χ0) is 13.1. The number of hydrogen-bond donors (Lipinski definition) is 1. The van der Waals surface area contributed by atoms with Crippen LogP contribution in [0.25, 0.3) is 0 Å². The van der Waals surface area contributed by atoms with E-state index in [1.54, 1.807) is 12.3 Å². The van der Waals surface area contributed by atoms with Crippen LogP contribution >= 0.6 is 0 Å². The molecule has 1 aliphatic heterocycles. The van der Waals surface area contributed by atoms with Gasteiger partial charge in [-0.2, -0.15) is 0 Å². The molecule has 1 aromatic heterocycles. The average Bonchev–Trinajstić information content (AvgIpc) is 2.79. The molecule has 1 aromatic rings. The third kappa shape index (κ3) is 2.33. The topological polar surface area (TPSA) is 45.2 Å². The lowest BCUT2D eigenvalue weighted by Gasteiger charge is -2.27. The van der Waals surface area contributed by atoms with Gasteiger partial charge in [0, 0.05) is 19.1 Å². The van der Waals surface area contributed by atoms with E-state index in [9.17, 15) is 4.79 Å². The van der Waals surface area contributed by atoms with Gasteiger partial charge in [-0.15, -0.1) is 0 Å². The van der Waals surface area contributed by atoms with Crippen LogP contribution in [-0.4, -0.2) is 34.9 Å². The van der Waals surface area contributed by atoms with Crippen molar-refractivity contribution < 1.29 is 4.79 Å². The molecule has 1 fully saturated rings. The molecule has 0 aliphatic carbocycles. The Balaban J connectivity index is 2.18. The van der Waals surface area contributed by atoms with Gasteiger partial charge in [-0.05, 0) is 38.3 Å². The summed E-state index contributed by atoms with van der Waals surface area (Å²) in [6.45, 7) is 4.26. The molecule has 1 N–H and O–H groups in total. The van der Waals surface area contributed by atoms with Crippen LogP contribution in [0.3, 0.4) is 0 Å². The molecule has 18 heavy (non-hydrogen) atoms. The quantitative estimate of drug-likeness (QED) is 0.892. The number of aromatic nitrogens is 1. The largest absolute Gasteiger partial charge is 0.387 e. The second-order valence-corrected chi connectivity index (χ2v) is 4.88. The molecule has 0 bridgehead atoms. The van der Waals surface area contributed by atoms with Crippen LogP contribution in [0.2, 0.25) is 0 Å². The molecule has 0 saturated carbocycles. The van der Waals surface area contributed by atoms with Crippen LogP contribution in [-0.2, 0) is 0 Å². The van der Waals surface area contributed by atoms with Crippen LogP contribution in [0.1, 0.15) is 43.6 Å². The molecule has 4 heteroatoms. The van der Waals surface area contributed by atoms with Crippen molar-refractivity contribution in [1.82, 2.24) is 9.88 Å². The van der Waals surface area contributed by atoms with Crippen molar-refractivity contribution in [3.8, 4) is 0 Å². The maximum absolute atomic E-state index is 12.5. The molecule has 2 unspecified atom stereocenters. The molecule has 2 rings (SSSR count). The summed E-state index contributed by atoms with van der Waals surface area (Å²) < 4.78 is 0. The highest BCUT2D eigenvalue weighted by Crippen LogP contribution is 2.27. The Morgan fingerprint density at radius 3 is 2.83 bits per heavy atom. The van der Waals surface area contributed by atoms with Gasteiger partial charge < -0.3 is 10.2 Å². The Hall–Kier alpha value is -1.58. The molecule has 0 radical (unpaired) electrons. The summed E-state index contributed by atoms with van der Waals surface area (Å²) in [5, 5.41) is 3.00. The second-order valence-electron chi connectivity index (χ2n) is 4.88. The van der Waals surface area contributed by atoms with E-state index >= 15 is 0 Å². The van der Waals surface area contributed by atoms with Crippen molar-refractivity contribution in [2.75, 3.05) is 12.4 Å². The molecular weight excluding hydrogens is 226 g/mol. The molecule has 2 atom stereocenters. The van der Waals surface area contributed by atoms with E-state index in [0.717, 1.165) is 24.9 Å². The molecule has 98 valence electrons. The highest BCUT2D eigenvalue weighted by Gasteiger charge is 2.33. The normalized spacial score (nSPS) is 23.2. The SMILES string of the molecule is CCC1CCC(C)N1C(=O)c1ccc(NC)cn1. The molecule has 1 saturated heterocycles. The Bertz CT molecular complexity index is 416. The predicted molar refractivity (Wildman–Crippen MR) is 72.7 cm³/mol. The maximum Gasteiger partial charge on any atom is 0.272 e. The number of hydrogen-bond acceptors (Lipinski definition) is 3. The minimum absolute atomic E-state index is 0.0644. The fourth-order valence-corrected chi connectivity index (χ4v) is 2.64. The van der Waals surface area contributed by atoms with Crippen molar-refractivity contribution in [2.45, 2.75) is 45.2 Å². The predicted octanol–water partition coefficient (Wildman–Crippen LogP) is 2.53. The van der Waals surface area contributed by atoms with Crippen molar-refractivity contribution >= 4 is 11.6 Å². The lowest BCUT2D eigenvalue weighted by Crippen LogP contribution is -2.40. The minimum Gasteiger partial charge on any atom is -0.387 e. The van der Waals surface area contributed by atoms with Gasteiger partial charge in [-0.25, -0.2) is 4.98 Å². The third-order valence-electron chi connectivity index (χ3n) is 3.76. The third-order valence-corrected chi connectivity index (χ3v) is 3.76. The van der Waals surface area contributed by atoms with Gasteiger partial charge in [0.15, 0.2) is 0 Å². The number of carbonyl (C=O) groups is 1. The summed E-state index contributed by atoms with van der Waals surface area (Å²) in [4.78, 5) is 18.7. The van der Waals surface area contributed by atoms with Crippen LogP contribution < -0.4 is 5.32 Å². The van der Waals surface area contributed by atoms with E-state index in [1.165, 1.54) is 0 Å². The van der Waals surface area contributed by atoms with Gasteiger partial charge in [0.2, 0.25) is 0 Å². The lowest BCUT2D eigenvalue weighted by atomic mass is 10.1. The van der Waals surface area contributed by atoms with Crippen molar-refractivity contribution in [2.24, 2.45) is 0 Å². The Labute approximate surface area is 108 Å². The maximum atomic E-state index is 12.5. The van der Waals surface area contributed by atoms with E-state index in [4.69, 9.17) is 0 Å². The number of nitrogens with zero attached hydrogens (tertiary/aromatic N) is 2. The highest BCUT2D eigenvalue weighted by molar-refractivity contribution is 5.93. The fraction of sp³-hybridized carbons (Fsp3) is 0.571. The van der Waals surface area contributed by atoms with Gasteiger partial charge in [0.25, 0.3) is 5.91 Å². The Kier molecular flexibility index (Phi) is 3.84. The minimum atomic E-state index is 0.0644. The highest BCUT2D eigenvalue weighted by atomic mass is 16.2. The number of nitrogens with one attached hydrogen (secondary N) is 1. The van der Waals surface area contributed by atoms with Gasteiger partial charge in [0.05, 0.1) is 11.9 Å². The van der Waals surface area contributed by atoms with Crippen LogP contribution in [0.4, 0.5) is 5.69 Å². The molecule has 0 aromatic carbocycles. The first-order valence-corrected chi connectivity index (χ1v) is 6.63. The van der Waals surface area contributed by atoms with Crippen molar-refractivity contribution in [3.63, 3.8) is 0 Å². The molecule has 4 nitrogen and oxygen atoms in total. The number of pyridine rings is 1. The van der Waals surface area contributed by atoms with E-state index < -0.39 is 0 Å². The summed E-state index contributed by atoms with van der Waals surface area (Å²) in [5.74, 6) is 0.0644. The van der Waals surface area contributed by atoms with Crippen molar-refractivity contribution in [1.29, 1.82) is 0 Å². The molecule has 2 heterocycles. The fourth-order valence-electron chi connectivity index (χ4n) is 2.64. The Morgan fingerprint density at radius 1 is 1.50 bits per heavy atom. The van der Waals surface area contributed by atoms with E-state index in [1.807, 2.05) is 18.0 Å². The van der Waals surface area contributed by atoms with Gasteiger partial charge in [-0.1, -0.05) is 6.92 Å². The van der Waals surface area contributed by atoms with E-state index in [-0.39, 0.29) is 5.91 Å². The number of carbonyl (C=O) groups excluding carboxylic acids is 1. The molecule has 1 aliphatic rings. The van der Waals surface area contributed by atoms with Gasteiger partial charge in [0.1, 0.15) is 5.69 Å². The number of likely N-dealkylation sites (tertiary alicyclic amines) is 1. The summed E-state index contributed by atoms with van der Waals surface area (Å²) in [6.07, 6.45) is 4.93. The summed E-state index contributed by atoms with van der Waals surface area (Å²) in [6, 6.07) is 4.39. The van der Waals surface area contributed by atoms with Crippen LogP contribution in [0.5, 0.6) is 0 Å². The van der Waals surface area contributed by atoms with Gasteiger partial charge >= 0.3 is 0 Å². The first-order chi connectivity index (χ1) is 8.67. The number of amides is 1. The number of anilines is 1. The first-order valence-electron chi connectivity index (χ1n) is 6.63.